The molecule has 0 unspecified atom stereocenters. The Balaban J connectivity index is 2.21. The summed E-state index contributed by atoms with van der Waals surface area (Å²) in [5, 5.41) is 9.14. The van der Waals surface area contributed by atoms with Crippen molar-refractivity contribution < 1.29 is 5.11 Å². The van der Waals surface area contributed by atoms with E-state index in [1.807, 2.05) is 11.8 Å². The first-order chi connectivity index (χ1) is 6.77. The lowest BCUT2D eigenvalue weighted by atomic mass is 10.2. The van der Waals surface area contributed by atoms with Crippen LogP contribution >= 0.6 is 11.8 Å². The van der Waals surface area contributed by atoms with Crippen LogP contribution in [0.4, 0.5) is 0 Å². The predicted molar refractivity (Wildman–Crippen MR) is 62.7 cm³/mol. The third-order valence-corrected chi connectivity index (χ3v) is 3.52. The van der Waals surface area contributed by atoms with Gasteiger partial charge >= 0.3 is 0 Å². The van der Waals surface area contributed by atoms with E-state index in [0.717, 1.165) is 31.7 Å². The van der Waals surface area contributed by atoms with Crippen molar-refractivity contribution in [3.8, 4) is 0 Å². The van der Waals surface area contributed by atoms with Gasteiger partial charge in [0.25, 0.3) is 0 Å². The molecule has 1 heterocycles. The van der Waals surface area contributed by atoms with E-state index < -0.39 is 0 Å². The van der Waals surface area contributed by atoms with Crippen LogP contribution in [-0.4, -0.2) is 53.8 Å². The monoisotopic (exact) mass is 218 g/mol. The lowest BCUT2D eigenvalue weighted by Crippen LogP contribution is -2.41. The Kier molecular flexibility index (Phi) is 5.86. The Morgan fingerprint density at radius 1 is 1.64 bits per heavy atom. The molecule has 1 rings (SSSR count). The van der Waals surface area contributed by atoms with Gasteiger partial charge in [-0.1, -0.05) is 0 Å². The first-order valence-corrected chi connectivity index (χ1v) is 6.76. The van der Waals surface area contributed by atoms with Gasteiger partial charge in [0, 0.05) is 18.6 Å². The first kappa shape index (κ1) is 12.3. The van der Waals surface area contributed by atoms with E-state index in [0.29, 0.717) is 6.04 Å². The van der Waals surface area contributed by atoms with Crippen molar-refractivity contribution in [1.29, 1.82) is 0 Å². The number of aliphatic hydroxyl groups excluding tert-OH is 1. The molecule has 3 nitrogen and oxygen atoms in total. The highest BCUT2D eigenvalue weighted by molar-refractivity contribution is 7.98. The second-order valence-electron chi connectivity index (χ2n) is 4.02. The average Bonchev–Trinajstić information content (AvgIpc) is 2.62. The predicted octanol–water partition coefficient (Wildman–Crippen LogP) is 0.523. The smallest absolute Gasteiger partial charge is 0.0586 e. The molecule has 0 saturated carbocycles. The fraction of sp³-hybridized carbons (Fsp3) is 1.00. The number of nitrogens with zero attached hydrogens (tertiary/aromatic N) is 1. The zero-order chi connectivity index (χ0) is 10.4. The number of likely N-dealkylation sites (tertiary alicyclic amines) is 1. The summed E-state index contributed by atoms with van der Waals surface area (Å²) >= 11 is 1.85. The van der Waals surface area contributed by atoms with Gasteiger partial charge in [-0.2, -0.15) is 11.8 Å². The van der Waals surface area contributed by atoms with Crippen molar-refractivity contribution in [3.05, 3.63) is 0 Å². The van der Waals surface area contributed by atoms with E-state index in [1.165, 1.54) is 6.42 Å². The molecule has 1 fully saturated rings. The van der Waals surface area contributed by atoms with Crippen LogP contribution in [0.3, 0.4) is 0 Å². The van der Waals surface area contributed by atoms with Crippen LogP contribution in [-0.2, 0) is 0 Å². The van der Waals surface area contributed by atoms with Gasteiger partial charge in [-0.05, 0) is 37.8 Å². The maximum atomic E-state index is 9.14. The van der Waals surface area contributed by atoms with Gasteiger partial charge < -0.3 is 10.8 Å². The molecule has 1 aliphatic heterocycles. The minimum atomic E-state index is 0.273. The summed E-state index contributed by atoms with van der Waals surface area (Å²) in [6, 6.07) is 0.643. The Morgan fingerprint density at radius 2 is 2.43 bits per heavy atom. The summed E-state index contributed by atoms with van der Waals surface area (Å²) in [6.45, 7) is 2.35. The molecule has 0 aromatic carbocycles. The topological polar surface area (TPSA) is 49.5 Å². The normalized spacial score (nSPS) is 25.5. The van der Waals surface area contributed by atoms with Crippen molar-refractivity contribution in [1.82, 2.24) is 4.90 Å². The number of aliphatic hydroxyl groups is 1. The Morgan fingerprint density at radius 3 is 3.07 bits per heavy atom. The molecule has 1 saturated heterocycles. The molecule has 4 heteroatoms. The molecule has 3 N–H and O–H groups in total. The average molecular weight is 218 g/mol. The number of hydrogen-bond acceptors (Lipinski definition) is 4. The number of nitrogens with two attached hydrogens (primary N) is 1. The Bertz CT molecular complexity index is 157. The molecule has 0 spiro atoms. The van der Waals surface area contributed by atoms with Crippen molar-refractivity contribution >= 4 is 11.8 Å². The summed E-state index contributed by atoms with van der Waals surface area (Å²) < 4.78 is 0. The Labute approximate surface area is 91.0 Å². The van der Waals surface area contributed by atoms with Gasteiger partial charge in [0.05, 0.1) is 6.61 Å². The lowest BCUT2D eigenvalue weighted by molar-refractivity contribution is 0.152. The van der Waals surface area contributed by atoms with Crippen LogP contribution in [0.2, 0.25) is 0 Å². The van der Waals surface area contributed by atoms with E-state index in [1.54, 1.807) is 0 Å². The fourth-order valence-electron chi connectivity index (χ4n) is 2.00. The Hall–Kier alpha value is 0.230. The molecular weight excluding hydrogens is 196 g/mol. The number of hydrogen-bond donors (Lipinski definition) is 2. The van der Waals surface area contributed by atoms with E-state index in [-0.39, 0.29) is 12.6 Å². The van der Waals surface area contributed by atoms with E-state index in [4.69, 9.17) is 10.8 Å². The molecule has 0 radical (unpaired) electrons. The molecule has 0 aromatic rings. The van der Waals surface area contributed by atoms with E-state index in [9.17, 15) is 0 Å². The molecule has 0 amide bonds. The molecule has 1 aliphatic rings. The molecule has 84 valence electrons. The number of thioether (sulfide) groups is 1. The standard InChI is InChI=1S/C10H22N2OS/c1-14-6-4-9(11)7-12-5-2-3-10(12)8-13/h9-10,13H,2-8,11H2,1H3/t9-,10-/m1/s1. The summed E-state index contributed by atoms with van der Waals surface area (Å²) in [4.78, 5) is 2.34. The van der Waals surface area contributed by atoms with Crippen molar-refractivity contribution in [2.24, 2.45) is 5.73 Å². The van der Waals surface area contributed by atoms with Crippen LogP contribution in [0.15, 0.2) is 0 Å². The van der Waals surface area contributed by atoms with Gasteiger partial charge in [-0.25, -0.2) is 0 Å². The highest BCUT2D eigenvalue weighted by Crippen LogP contribution is 2.17. The largest absolute Gasteiger partial charge is 0.395 e. The van der Waals surface area contributed by atoms with E-state index in [2.05, 4.69) is 11.2 Å². The quantitative estimate of drug-likeness (QED) is 0.682. The SMILES string of the molecule is CSCC[C@@H](N)CN1CCC[C@@H]1CO. The molecule has 0 aromatic heterocycles. The summed E-state index contributed by atoms with van der Waals surface area (Å²) in [5.74, 6) is 1.14. The highest BCUT2D eigenvalue weighted by Gasteiger charge is 2.24. The minimum absolute atomic E-state index is 0.273. The molecular formula is C10H22N2OS. The minimum Gasteiger partial charge on any atom is -0.395 e. The van der Waals surface area contributed by atoms with Gasteiger partial charge in [-0.15, -0.1) is 0 Å². The molecule has 14 heavy (non-hydrogen) atoms. The third-order valence-electron chi connectivity index (χ3n) is 2.87. The van der Waals surface area contributed by atoms with Crippen LogP contribution in [0, 0.1) is 0 Å². The van der Waals surface area contributed by atoms with Crippen LogP contribution in [0.25, 0.3) is 0 Å². The maximum absolute atomic E-state index is 9.14. The van der Waals surface area contributed by atoms with Gasteiger partial charge in [0.1, 0.15) is 0 Å². The second kappa shape index (κ2) is 6.67. The summed E-state index contributed by atoms with van der Waals surface area (Å²) in [5.41, 5.74) is 6.02. The first-order valence-electron chi connectivity index (χ1n) is 5.37. The van der Waals surface area contributed by atoms with Crippen LogP contribution < -0.4 is 5.73 Å². The molecule has 0 aliphatic carbocycles. The van der Waals surface area contributed by atoms with Crippen LogP contribution in [0.5, 0.6) is 0 Å². The zero-order valence-electron chi connectivity index (χ0n) is 8.98. The summed E-state index contributed by atoms with van der Waals surface area (Å²) in [6.07, 6.45) is 5.53. The summed E-state index contributed by atoms with van der Waals surface area (Å²) in [7, 11) is 0. The molecule has 0 bridgehead atoms. The van der Waals surface area contributed by atoms with Gasteiger partial charge in [-0.3, -0.25) is 4.90 Å². The zero-order valence-corrected chi connectivity index (χ0v) is 9.80. The van der Waals surface area contributed by atoms with E-state index >= 15 is 0 Å². The lowest BCUT2D eigenvalue weighted by Gasteiger charge is -2.25. The van der Waals surface area contributed by atoms with Crippen molar-refractivity contribution in [2.75, 3.05) is 31.7 Å². The van der Waals surface area contributed by atoms with Crippen molar-refractivity contribution in [3.63, 3.8) is 0 Å². The fourth-order valence-corrected chi connectivity index (χ4v) is 2.54. The second-order valence-corrected chi connectivity index (χ2v) is 5.00. The number of rotatable bonds is 6. The maximum Gasteiger partial charge on any atom is 0.0586 e. The third kappa shape index (κ3) is 3.77. The highest BCUT2D eigenvalue weighted by atomic mass is 32.2. The molecule has 2 atom stereocenters. The van der Waals surface area contributed by atoms with Crippen LogP contribution in [0.1, 0.15) is 19.3 Å². The van der Waals surface area contributed by atoms with Gasteiger partial charge in [0.2, 0.25) is 0 Å². The van der Waals surface area contributed by atoms with Crippen molar-refractivity contribution in [2.45, 2.75) is 31.3 Å². The van der Waals surface area contributed by atoms with Gasteiger partial charge in [0.15, 0.2) is 0 Å².